The Hall–Kier alpha value is -1.70. The van der Waals surface area contributed by atoms with Crippen molar-refractivity contribution in [3.63, 3.8) is 0 Å². The van der Waals surface area contributed by atoms with Crippen LogP contribution in [0.2, 0.25) is 0 Å². The fourth-order valence-electron chi connectivity index (χ4n) is 1.50. The van der Waals surface area contributed by atoms with Gasteiger partial charge in [0.1, 0.15) is 11.6 Å². The Kier molecular flexibility index (Phi) is 3.56. The van der Waals surface area contributed by atoms with Gasteiger partial charge < -0.3 is 15.6 Å². The second-order valence-electron chi connectivity index (χ2n) is 3.75. The average molecular weight is 207 g/mol. The second kappa shape index (κ2) is 4.69. The second-order valence-corrected chi connectivity index (χ2v) is 3.75. The number of anilines is 2. The summed E-state index contributed by atoms with van der Waals surface area (Å²) in [5, 5.41) is 8.58. The molecular weight excluding hydrogens is 190 g/mol. The normalized spacial score (nSPS) is 10.3. The first kappa shape index (κ1) is 11.4. The van der Waals surface area contributed by atoms with Gasteiger partial charge in [0.05, 0.1) is 12.5 Å². The average Bonchev–Trinajstić information content (AvgIpc) is 2.46. The van der Waals surface area contributed by atoms with Crippen molar-refractivity contribution in [3.05, 3.63) is 5.82 Å². The first-order valence-electron chi connectivity index (χ1n) is 5.02. The van der Waals surface area contributed by atoms with Gasteiger partial charge in [0.25, 0.3) is 0 Å². The fraction of sp³-hybridized carbons (Fsp3) is 0.600. The summed E-state index contributed by atoms with van der Waals surface area (Å²) in [5.74, 6) is 2.11. The molecule has 0 amide bonds. The molecule has 1 heterocycles. The van der Waals surface area contributed by atoms with E-state index in [0.29, 0.717) is 18.8 Å². The molecule has 0 bridgehead atoms. The minimum atomic E-state index is 0.281. The molecule has 5 nitrogen and oxygen atoms in total. The Balaban J connectivity index is 2.89. The lowest BCUT2D eigenvalue weighted by molar-refractivity contribution is 0.679. The number of nitrogens with one attached hydrogen (secondary N) is 1. The third-order valence-corrected chi connectivity index (χ3v) is 2.19. The molecule has 0 aromatic carbocycles. The zero-order valence-corrected chi connectivity index (χ0v) is 9.41. The predicted molar refractivity (Wildman–Crippen MR) is 60.4 cm³/mol. The van der Waals surface area contributed by atoms with Crippen molar-refractivity contribution in [2.45, 2.75) is 33.2 Å². The highest BCUT2D eigenvalue weighted by Gasteiger charge is 2.16. The molecular formula is C10H17N5. The van der Waals surface area contributed by atoms with Gasteiger partial charge in [-0.1, -0.05) is 0 Å². The van der Waals surface area contributed by atoms with Gasteiger partial charge in [-0.3, -0.25) is 0 Å². The van der Waals surface area contributed by atoms with E-state index >= 15 is 0 Å². The maximum atomic E-state index is 8.58. The zero-order valence-electron chi connectivity index (χ0n) is 9.41. The molecule has 1 aromatic rings. The Morgan fingerprint density at radius 2 is 2.27 bits per heavy atom. The Bertz CT molecular complexity index is 360. The molecule has 0 unspecified atom stereocenters. The van der Waals surface area contributed by atoms with Crippen molar-refractivity contribution < 1.29 is 0 Å². The summed E-state index contributed by atoms with van der Waals surface area (Å²) in [5.41, 5.74) is 5.81. The van der Waals surface area contributed by atoms with Gasteiger partial charge in [-0.25, -0.2) is 4.98 Å². The molecule has 0 fully saturated rings. The van der Waals surface area contributed by atoms with Crippen molar-refractivity contribution in [1.29, 1.82) is 5.26 Å². The summed E-state index contributed by atoms with van der Waals surface area (Å²) < 4.78 is 0. The van der Waals surface area contributed by atoms with Crippen LogP contribution < -0.4 is 10.6 Å². The van der Waals surface area contributed by atoms with Crippen LogP contribution in [-0.2, 0) is 0 Å². The van der Waals surface area contributed by atoms with E-state index in [1.165, 1.54) is 0 Å². The number of nitriles is 1. The van der Waals surface area contributed by atoms with Crippen LogP contribution in [0.1, 0.15) is 26.1 Å². The van der Waals surface area contributed by atoms with Crippen molar-refractivity contribution >= 4 is 11.6 Å². The number of rotatable bonds is 4. The first-order valence-corrected chi connectivity index (χ1v) is 5.02. The molecule has 1 rings (SSSR count). The zero-order chi connectivity index (χ0) is 11.4. The number of imidazole rings is 1. The molecule has 0 atom stereocenters. The summed E-state index contributed by atoms with van der Waals surface area (Å²) in [6, 6.07) is 2.41. The van der Waals surface area contributed by atoms with Crippen LogP contribution in [0.25, 0.3) is 0 Å². The maximum Gasteiger partial charge on any atom is 0.171 e. The summed E-state index contributed by atoms with van der Waals surface area (Å²) in [6.45, 7) is 6.63. The van der Waals surface area contributed by atoms with Crippen LogP contribution in [0.3, 0.4) is 0 Å². The van der Waals surface area contributed by atoms with Crippen molar-refractivity contribution in [3.8, 4) is 6.07 Å². The summed E-state index contributed by atoms with van der Waals surface area (Å²) in [7, 11) is 0. The van der Waals surface area contributed by atoms with E-state index in [9.17, 15) is 0 Å². The number of aryl methyl sites for hydroxylation is 1. The highest BCUT2D eigenvalue weighted by molar-refractivity contribution is 5.59. The monoisotopic (exact) mass is 207 g/mol. The van der Waals surface area contributed by atoms with Crippen LogP contribution in [0.5, 0.6) is 0 Å². The first-order chi connectivity index (χ1) is 7.06. The molecule has 5 heteroatoms. The van der Waals surface area contributed by atoms with E-state index in [1.54, 1.807) is 0 Å². The predicted octanol–water partition coefficient (Wildman–Crippen LogP) is 1.43. The smallest absolute Gasteiger partial charge is 0.171 e. The highest BCUT2D eigenvalue weighted by atomic mass is 15.2. The van der Waals surface area contributed by atoms with Gasteiger partial charge in [-0.15, -0.1) is 0 Å². The Morgan fingerprint density at radius 1 is 1.60 bits per heavy atom. The van der Waals surface area contributed by atoms with Crippen LogP contribution in [0.15, 0.2) is 0 Å². The van der Waals surface area contributed by atoms with E-state index in [4.69, 9.17) is 11.0 Å². The Labute approximate surface area is 89.9 Å². The van der Waals surface area contributed by atoms with Gasteiger partial charge in [-0.05, 0) is 20.8 Å². The number of H-pyrrole nitrogens is 1. The van der Waals surface area contributed by atoms with Crippen molar-refractivity contribution in [2.75, 3.05) is 17.2 Å². The SMILES string of the molecule is Cc1nc(N(CCC#N)C(C)C)c(N)[nH]1. The summed E-state index contributed by atoms with van der Waals surface area (Å²) in [4.78, 5) is 9.31. The third-order valence-electron chi connectivity index (χ3n) is 2.19. The molecule has 0 saturated heterocycles. The minimum Gasteiger partial charge on any atom is -0.382 e. The van der Waals surface area contributed by atoms with Crippen molar-refractivity contribution in [1.82, 2.24) is 9.97 Å². The number of aromatic nitrogens is 2. The maximum absolute atomic E-state index is 8.58. The molecule has 15 heavy (non-hydrogen) atoms. The van der Waals surface area contributed by atoms with Crippen LogP contribution >= 0.6 is 0 Å². The number of nitrogens with zero attached hydrogens (tertiary/aromatic N) is 3. The number of hydrogen-bond donors (Lipinski definition) is 2. The molecule has 3 N–H and O–H groups in total. The molecule has 0 saturated carbocycles. The van der Waals surface area contributed by atoms with Gasteiger partial charge in [0, 0.05) is 12.6 Å². The highest BCUT2D eigenvalue weighted by Crippen LogP contribution is 2.21. The third kappa shape index (κ3) is 2.62. The Morgan fingerprint density at radius 3 is 2.67 bits per heavy atom. The van der Waals surface area contributed by atoms with Crippen LogP contribution in [-0.4, -0.2) is 22.6 Å². The van der Waals surface area contributed by atoms with Crippen LogP contribution in [0, 0.1) is 18.3 Å². The van der Waals surface area contributed by atoms with Gasteiger partial charge in [0.2, 0.25) is 0 Å². The van der Waals surface area contributed by atoms with E-state index in [1.807, 2.05) is 11.8 Å². The number of nitrogens with two attached hydrogens (primary N) is 1. The molecule has 0 aliphatic carbocycles. The molecule has 0 radical (unpaired) electrons. The lowest BCUT2D eigenvalue weighted by Crippen LogP contribution is -2.32. The van der Waals surface area contributed by atoms with Crippen LogP contribution in [0.4, 0.5) is 11.6 Å². The lowest BCUT2D eigenvalue weighted by Gasteiger charge is -2.26. The van der Waals surface area contributed by atoms with E-state index in [0.717, 1.165) is 11.6 Å². The van der Waals surface area contributed by atoms with E-state index < -0.39 is 0 Å². The standard InChI is InChI=1S/C10H17N5/c1-7(2)15(6-4-5-11)10-9(12)13-8(3)14-10/h7H,4,6,12H2,1-3H3,(H,13,14). The van der Waals surface area contributed by atoms with E-state index in [2.05, 4.69) is 29.9 Å². The molecule has 1 aromatic heterocycles. The topological polar surface area (TPSA) is 81.7 Å². The number of hydrogen-bond acceptors (Lipinski definition) is 4. The minimum absolute atomic E-state index is 0.281. The summed E-state index contributed by atoms with van der Waals surface area (Å²) in [6.07, 6.45) is 0.476. The molecule has 0 spiro atoms. The van der Waals surface area contributed by atoms with E-state index in [-0.39, 0.29) is 6.04 Å². The summed E-state index contributed by atoms with van der Waals surface area (Å²) >= 11 is 0. The largest absolute Gasteiger partial charge is 0.382 e. The molecule has 0 aliphatic heterocycles. The molecule has 82 valence electrons. The van der Waals surface area contributed by atoms with Crippen molar-refractivity contribution in [2.24, 2.45) is 0 Å². The number of nitrogen functional groups attached to an aromatic ring is 1. The molecule has 0 aliphatic rings. The quantitative estimate of drug-likeness (QED) is 0.782. The fourth-order valence-corrected chi connectivity index (χ4v) is 1.50. The van der Waals surface area contributed by atoms with Gasteiger partial charge in [-0.2, -0.15) is 5.26 Å². The lowest BCUT2D eigenvalue weighted by atomic mass is 10.3. The van der Waals surface area contributed by atoms with Gasteiger partial charge >= 0.3 is 0 Å². The van der Waals surface area contributed by atoms with Gasteiger partial charge in [0.15, 0.2) is 5.82 Å². The number of aromatic amines is 1.